The van der Waals surface area contributed by atoms with Crippen molar-refractivity contribution in [3.8, 4) is 0 Å². The summed E-state index contributed by atoms with van der Waals surface area (Å²) in [5.74, 6) is -0.0926. The average Bonchev–Trinajstić information content (AvgIpc) is 3.03. The molecule has 6 nitrogen and oxygen atoms in total. The summed E-state index contributed by atoms with van der Waals surface area (Å²) in [5, 5.41) is 3.74. The quantitative estimate of drug-likeness (QED) is 0.669. The van der Waals surface area contributed by atoms with Gasteiger partial charge in [-0.1, -0.05) is 25.0 Å². The number of nitrogens with one attached hydrogen (secondary N) is 1. The molecule has 0 spiro atoms. The molecule has 1 N–H and O–H groups in total. The first-order valence-corrected chi connectivity index (χ1v) is 12.5. The van der Waals surface area contributed by atoms with Gasteiger partial charge in [-0.05, 0) is 55.3 Å². The van der Waals surface area contributed by atoms with E-state index in [1.54, 1.807) is 46.5 Å². The first kappa shape index (κ1) is 21.8. The number of nitrogens with zero attached hydrogens (tertiary/aromatic N) is 2. The number of sulfonamides is 1. The van der Waals surface area contributed by atoms with E-state index in [4.69, 9.17) is 0 Å². The highest BCUT2D eigenvalue weighted by atomic mass is 32.2. The molecule has 1 aromatic heterocycles. The first-order valence-electron chi connectivity index (χ1n) is 9.88. The molecule has 1 aliphatic heterocycles. The maximum atomic E-state index is 12.8. The molecule has 1 fully saturated rings. The molecule has 0 saturated carbocycles. The Morgan fingerprint density at radius 1 is 1.07 bits per heavy atom. The van der Waals surface area contributed by atoms with Crippen LogP contribution in [-0.4, -0.2) is 43.0 Å². The number of hydrogen-bond donors (Lipinski definition) is 1. The summed E-state index contributed by atoms with van der Waals surface area (Å²) in [6.07, 6.45) is 8.48. The van der Waals surface area contributed by atoms with Gasteiger partial charge in [-0.3, -0.25) is 4.79 Å². The van der Waals surface area contributed by atoms with E-state index < -0.39 is 10.0 Å². The number of pyridine rings is 1. The molecule has 0 aliphatic carbocycles. The average molecular weight is 434 g/mol. The minimum absolute atomic E-state index is 0.0926. The number of hydrogen-bond acceptors (Lipinski definition) is 5. The van der Waals surface area contributed by atoms with Crippen LogP contribution < -0.4 is 5.32 Å². The Bertz CT molecular complexity index is 905. The lowest BCUT2D eigenvalue weighted by atomic mass is 10.1. The molecule has 0 atom stereocenters. The number of thioether (sulfide) groups is 1. The van der Waals surface area contributed by atoms with Gasteiger partial charge in [0.25, 0.3) is 0 Å². The minimum atomic E-state index is -3.43. The Kier molecular flexibility index (Phi) is 7.69. The van der Waals surface area contributed by atoms with Gasteiger partial charge < -0.3 is 5.32 Å². The van der Waals surface area contributed by atoms with Gasteiger partial charge in [0.15, 0.2) is 0 Å². The van der Waals surface area contributed by atoms with Gasteiger partial charge in [0.05, 0.1) is 21.8 Å². The molecule has 156 valence electrons. The SMILES string of the molecule is CSc1ccc(NC(=O)CCc2ccc(S(=O)(=O)N3CCCCCC3)cc2)cn1. The summed E-state index contributed by atoms with van der Waals surface area (Å²) < 4.78 is 27.2. The van der Waals surface area contributed by atoms with E-state index in [9.17, 15) is 13.2 Å². The Morgan fingerprint density at radius 2 is 1.76 bits per heavy atom. The smallest absolute Gasteiger partial charge is 0.243 e. The van der Waals surface area contributed by atoms with Crippen LogP contribution in [0.25, 0.3) is 0 Å². The van der Waals surface area contributed by atoms with Crippen molar-refractivity contribution in [3.05, 3.63) is 48.2 Å². The molecule has 1 amide bonds. The minimum Gasteiger partial charge on any atom is -0.325 e. The van der Waals surface area contributed by atoms with Crippen LogP contribution in [0.1, 0.15) is 37.7 Å². The fourth-order valence-corrected chi connectivity index (χ4v) is 5.19. The highest BCUT2D eigenvalue weighted by Crippen LogP contribution is 2.21. The van der Waals surface area contributed by atoms with E-state index in [1.807, 2.05) is 18.4 Å². The molecule has 8 heteroatoms. The number of aromatic nitrogens is 1. The summed E-state index contributed by atoms with van der Waals surface area (Å²) in [5.41, 5.74) is 1.61. The van der Waals surface area contributed by atoms with E-state index in [1.165, 1.54) is 0 Å². The van der Waals surface area contributed by atoms with Crippen LogP contribution in [0.2, 0.25) is 0 Å². The molecular weight excluding hydrogens is 406 g/mol. The van der Waals surface area contributed by atoms with Crippen LogP contribution in [0.5, 0.6) is 0 Å². The molecule has 1 saturated heterocycles. The van der Waals surface area contributed by atoms with Gasteiger partial charge in [-0.15, -0.1) is 11.8 Å². The van der Waals surface area contributed by atoms with Gasteiger partial charge >= 0.3 is 0 Å². The molecule has 1 aliphatic rings. The third-order valence-corrected chi connectivity index (χ3v) is 7.57. The lowest BCUT2D eigenvalue weighted by Crippen LogP contribution is -2.31. The van der Waals surface area contributed by atoms with Crippen molar-refractivity contribution in [1.29, 1.82) is 0 Å². The number of carbonyl (C=O) groups is 1. The second kappa shape index (κ2) is 10.2. The van der Waals surface area contributed by atoms with E-state index in [2.05, 4.69) is 10.3 Å². The van der Waals surface area contributed by atoms with Crippen LogP contribution in [-0.2, 0) is 21.2 Å². The number of carbonyl (C=O) groups excluding carboxylic acids is 1. The van der Waals surface area contributed by atoms with Crippen molar-refractivity contribution >= 4 is 33.4 Å². The molecule has 1 aromatic carbocycles. The Balaban J connectivity index is 1.55. The highest BCUT2D eigenvalue weighted by Gasteiger charge is 2.24. The van der Waals surface area contributed by atoms with E-state index >= 15 is 0 Å². The van der Waals surface area contributed by atoms with Crippen molar-refractivity contribution in [2.24, 2.45) is 0 Å². The molecule has 2 aromatic rings. The zero-order valence-corrected chi connectivity index (χ0v) is 18.3. The molecule has 0 bridgehead atoms. The lowest BCUT2D eigenvalue weighted by molar-refractivity contribution is -0.116. The number of anilines is 1. The van der Waals surface area contributed by atoms with Gasteiger partial charge in [-0.2, -0.15) is 4.31 Å². The Hall–Kier alpha value is -1.90. The lowest BCUT2D eigenvalue weighted by Gasteiger charge is -2.20. The summed E-state index contributed by atoms with van der Waals surface area (Å²) in [4.78, 5) is 16.7. The predicted octanol–water partition coefficient (Wildman–Crippen LogP) is 3.94. The van der Waals surface area contributed by atoms with Crippen LogP contribution >= 0.6 is 11.8 Å². The topological polar surface area (TPSA) is 79.4 Å². The standard InChI is InChI=1S/C21H27N3O3S2/c1-28-21-13-9-18(16-22-21)23-20(25)12-8-17-6-10-19(11-7-17)29(26,27)24-14-4-2-3-5-15-24/h6-7,9-11,13,16H,2-5,8,12,14-15H2,1H3,(H,23,25). The second-order valence-corrected chi connectivity index (χ2v) is 9.86. The second-order valence-electron chi connectivity index (χ2n) is 7.10. The van der Waals surface area contributed by atoms with Gasteiger partial charge in [0, 0.05) is 19.5 Å². The van der Waals surface area contributed by atoms with Crippen molar-refractivity contribution in [2.45, 2.75) is 48.4 Å². The van der Waals surface area contributed by atoms with Crippen molar-refractivity contribution in [2.75, 3.05) is 24.7 Å². The Labute approximate surface area is 177 Å². The highest BCUT2D eigenvalue weighted by molar-refractivity contribution is 7.98. The van der Waals surface area contributed by atoms with Crippen molar-refractivity contribution in [1.82, 2.24) is 9.29 Å². The van der Waals surface area contributed by atoms with E-state index in [-0.39, 0.29) is 5.91 Å². The van der Waals surface area contributed by atoms with Gasteiger partial charge in [-0.25, -0.2) is 13.4 Å². The number of aryl methyl sites for hydroxylation is 1. The van der Waals surface area contributed by atoms with Crippen LogP contribution in [0, 0.1) is 0 Å². The van der Waals surface area contributed by atoms with Crippen molar-refractivity contribution in [3.63, 3.8) is 0 Å². The van der Waals surface area contributed by atoms with Crippen molar-refractivity contribution < 1.29 is 13.2 Å². The number of rotatable bonds is 7. The van der Waals surface area contributed by atoms with Crippen LogP contribution in [0.3, 0.4) is 0 Å². The third-order valence-electron chi connectivity index (χ3n) is 5.00. The number of amides is 1. The first-order chi connectivity index (χ1) is 14.0. The molecule has 2 heterocycles. The van der Waals surface area contributed by atoms with Gasteiger partial charge in [0.2, 0.25) is 15.9 Å². The van der Waals surface area contributed by atoms with Gasteiger partial charge in [0.1, 0.15) is 0 Å². The van der Waals surface area contributed by atoms with Crippen LogP contribution in [0.4, 0.5) is 5.69 Å². The molecule has 0 unspecified atom stereocenters. The fraction of sp³-hybridized carbons (Fsp3) is 0.429. The predicted molar refractivity (Wildman–Crippen MR) is 117 cm³/mol. The van der Waals surface area contributed by atoms with E-state index in [0.29, 0.717) is 36.5 Å². The Morgan fingerprint density at radius 3 is 2.34 bits per heavy atom. The molecular formula is C21H27N3O3S2. The summed E-state index contributed by atoms with van der Waals surface area (Å²) >= 11 is 1.55. The fourth-order valence-electron chi connectivity index (χ4n) is 3.32. The molecule has 3 rings (SSSR count). The summed E-state index contributed by atoms with van der Waals surface area (Å²) in [6.45, 7) is 1.19. The zero-order valence-electron chi connectivity index (χ0n) is 16.6. The third kappa shape index (κ3) is 6.04. The van der Waals surface area contributed by atoms with Crippen LogP contribution in [0.15, 0.2) is 52.5 Å². The maximum Gasteiger partial charge on any atom is 0.243 e. The summed E-state index contributed by atoms with van der Waals surface area (Å²) in [7, 11) is -3.43. The zero-order chi connectivity index (χ0) is 20.7. The number of benzene rings is 1. The monoisotopic (exact) mass is 433 g/mol. The maximum absolute atomic E-state index is 12.8. The van der Waals surface area contributed by atoms with E-state index in [0.717, 1.165) is 36.3 Å². The summed E-state index contributed by atoms with van der Waals surface area (Å²) in [6, 6.07) is 10.6. The normalized spacial score (nSPS) is 15.6. The largest absolute Gasteiger partial charge is 0.325 e. The molecule has 0 radical (unpaired) electrons. The molecule has 29 heavy (non-hydrogen) atoms.